The van der Waals surface area contributed by atoms with Crippen LogP contribution in [0.5, 0.6) is 0 Å². The highest BCUT2D eigenvalue weighted by Gasteiger charge is 2.48. The van der Waals surface area contributed by atoms with Crippen LogP contribution in [0.2, 0.25) is 0 Å². The maximum Gasteiger partial charge on any atom is 0.180 e. The summed E-state index contributed by atoms with van der Waals surface area (Å²) in [7, 11) is 0. The third-order valence-electron chi connectivity index (χ3n) is 7.46. The number of nitrogens with zero attached hydrogens (tertiary/aromatic N) is 4. The van der Waals surface area contributed by atoms with Gasteiger partial charge in [-0.1, -0.05) is 68.3 Å². The summed E-state index contributed by atoms with van der Waals surface area (Å²) in [5.41, 5.74) is 5.10. The Labute approximate surface area is 189 Å². The normalized spacial score (nSPS) is 21.4. The summed E-state index contributed by atoms with van der Waals surface area (Å²) in [6.45, 7) is 13.6. The van der Waals surface area contributed by atoms with Crippen LogP contribution in [-0.2, 0) is 17.3 Å². The van der Waals surface area contributed by atoms with Gasteiger partial charge in [-0.25, -0.2) is 0 Å². The molecule has 0 bridgehead atoms. The Kier molecular flexibility index (Phi) is 5.01. The summed E-state index contributed by atoms with van der Waals surface area (Å²) in [6.07, 6.45) is 1.02. The van der Waals surface area contributed by atoms with E-state index in [4.69, 9.17) is 4.52 Å². The lowest BCUT2D eigenvalue weighted by Gasteiger charge is -2.34. The molecule has 1 fully saturated rings. The first kappa shape index (κ1) is 21.0. The second kappa shape index (κ2) is 7.62. The van der Waals surface area contributed by atoms with Gasteiger partial charge in [-0.15, -0.1) is 0 Å². The Bertz CT molecular complexity index is 1170. The predicted octanol–water partition coefficient (Wildman–Crippen LogP) is 4.59. The molecule has 32 heavy (non-hydrogen) atoms. The summed E-state index contributed by atoms with van der Waals surface area (Å²) in [6, 6.07) is 14.9. The van der Waals surface area contributed by atoms with E-state index in [1.165, 1.54) is 16.7 Å². The summed E-state index contributed by atoms with van der Waals surface area (Å²) in [5, 5.41) is 18.8. The van der Waals surface area contributed by atoms with Crippen molar-refractivity contribution < 1.29 is 9.73 Å². The first-order chi connectivity index (χ1) is 15.3. The molecule has 6 heteroatoms. The minimum atomic E-state index is -0.254. The second-order valence-corrected chi connectivity index (χ2v) is 10.2. The predicted molar refractivity (Wildman–Crippen MR) is 128 cm³/mol. The Balaban J connectivity index is 1.24. The number of oxime groups is 1. The molecule has 6 nitrogen and oxygen atoms in total. The van der Waals surface area contributed by atoms with Gasteiger partial charge in [0.25, 0.3) is 0 Å². The monoisotopic (exact) mass is 432 g/mol. The summed E-state index contributed by atoms with van der Waals surface area (Å²) >= 11 is 0. The molecule has 0 spiro atoms. The zero-order valence-electron chi connectivity index (χ0n) is 19.4. The molecule has 2 aromatic carbocycles. The number of piperazine rings is 1. The highest BCUT2D eigenvalue weighted by Crippen LogP contribution is 2.47. The average molecular weight is 433 g/mol. The summed E-state index contributed by atoms with van der Waals surface area (Å²) in [4.78, 5) is 4.86. The number of benzene rings is 2. The maximum atomic E-state index is 9.67. The van der Waals surface area contributed by atoms with Gasteiger partial charge in [-0.2, -0.15) is 0 Å². The lowest BCUT2D eigenvalue weighted by Crippen LogP contribution is -2.47. The zero-order valence-corrected chi connectivity index (χ0v) is 19.4. The van der Waals surface area contributed by atoms with E-state index >= 15 is 0 Å². The number of fused-ring (bicyclic) bond motifs is 2. The van der Waals surface area contributed by atoms with Gasteiger partial charge in [-0.3, -0.25) is 4.90 Å². The molecule has 1 saturated heterocycles. The fourth-order valence-corrected chi connectivity index (χ4v) is 5.67. The van der Waals surface area contributed by atoms with E-state index in [9.17, 15) is 5.21 Å². The van der Waals surface area contributed by atoms with Crippen molar-refractivity contribution in [2.75, 3.05) is 37.6 Å². The van der Waals surface area contributed by atoms with Gasteiger partial charge in [0.2, 0.25) is 0 Å². The topological polar surface area (TPSA) is 65.1 Å². The van der Waals surface area contributed by atoms with Gasteiger partial charge in [0.05, 0.1) is 11.1 Å². The quantitative estimate of drug-likeness (QED) is 0.482. The SMILES string of the molecule is CC1(C)/C(=N\O)C(C)(C)c2cc(CCN3CCN(c4noc5ccccc45)CC3)ccc21. The molecule has 2 heterocycles. The number of aromatic nitrogens is 1. The first-order valence-corrected chi connectivity index (χ1v) is 11.5. The van der Waals surface area contributed by atoms with Crippen molar-refractivity contribution in [2.24, 2.45) is 5.16 Å². The number of hydrogen-bond donors (Lipinski definition) is 1. The van der Waals surface area contributed by atoms with Gasteiger partial charge in [0.1, 0.15) is 0 Å². The molecule has 1 aliphatic heterocycles. The van der Waals surface area contributed by atoms with E-state index < -0.39 is 0 Å². The van der Waals surface area contributed by atoms with Crippen LogP contribution in [-0.4, -0.2) is 53.7 Å². The van der Waals surface area contributed by atoms with Crippen LogP contribution in [0.3, 0.4) is 0 Å². The molecule has 3 aromatic rings. The molecule has 0 unspecified atom stereocenters. The van der Waals surface area contributed by atoms with Gasteiger partial charge in [0.15, 0.2) is 11.4 Å². The Morgan fingerprint density at radius 2 is 1.69 bits per heavy atom. The first-order valence-electron chi connectivity index (χ1n) is 11.5. The Morgan fingerprint density at radius 1 is 0.969 bits per heavy atom. The van der Waals surface area contributed by atoms with Crippen molar-refractivity contribution in [3.05, 3.63) is 59.2 Å². The van der Waals surface area contributed by atoms with Crippen LogP contribution >= 0.6 is 0 Å². The van der Waals surface area contributed by atoms with Crippen LogP contribution in [0.4, 0.5) is 5.82 Å². The molecule has 0 saturated carbocycles. The maximum absolute atomic E-state index is 9.67. The van der Waals surface area contributed by atoms with Crippen molar-refractivity contribution in [1.82, 2.24) is 10.1 Å². The highest BCUT2D eigenvalue weighted by atomic mass is 16.5. The van der Waals surface area contributed by atoms with Gasteiger partial charge >= 0.3 is 0 Å². The molecule has 168 valence electrons. The van der Waals surface area contributed by atoms with Gasteiger partial charge in [-0.05, 0) is 35.2 Å². The highest BCUT2D eigenvalue weighted by molar-refractivity contribution is 6.06. The van der Waals surface area contributed by atoms with Gasteiger partial charge in [0, 0.05) is 43.6 Å². The minimum Gasteiger partial charge on any atom is -0.411 e. The van der Waals surface area contributed by atoms with Crippen LogP contribution in [0.15, 0.2) is 52.1 Å². The van der Waals surface area contributed by atoms with Crippen LogP contribution in [0.1, 0.15) is 44.4 Å². The molecule has 0 radical (unpaired) electrons. The molecular weight excluding hydrogens is 400 g/mol. The molecule has 1 aliphatic carbocycles. The fraction of sp³-hybridized carbons (Fsp3) is 0.462. The molecule has 0 amide bonds. The Hall–Kier alpha value is -2.86. The average Bonchev–Trinajstić information content (AvgIpc) is 3.27. The lowest BCUT2D eigenvalue weighted by atomic mass is 9.79. The second-order valence-electron chi connectivity index (χ2n) is 10.2. The van der Waals surface area contributed by atoms with Crippen molar-refractivity contribution >= 4 is 22.5 Å². The van der Waals surface area contributed by atoms with E-state index in [0.717, 1.165) is 61.6 Å². The van der Waals surface area contributed by atoms with Crippen LogP contribution in [0, 0.1) is 0 Å². The van der Waals surface area contributed by atoms with Crippen LogP contribution in [0.25, 0.3) is 11.0 Å². The van der Waals surface area contributed by atoms with Crippen LogP contribution < -0.4 is 4.90 Å². The van der Waals surface area contributed by atoms with Crippen molar-refractivity contribution in [2.45, 2.75) is 44.9 Å². The standard InChI is InChI=1S/C26H32N4O2/c1-25(2)20-10-9-18(17-21(20)26(3,4)24(25)27-31)11-12-29-13-15-30(16-14-29)23-19-7-5-6-8-22(19)32-28-23/h5-10,17,31H,11-16H2,1-4H3/b27-24+. The number of anilines is 1. The fourth-order valence-electron chi connectivity index (χ4n) is 5.67. The number of hydrogen-bond acceptors (Lipinski definition) is 6. The number of rotatable bonds is 4. The molecule has 1 aromatic heterocycles. The van der Waals surface area contributed by atoms with Crippen molar-refractivity contribution in [3.8, 4) is 0 Å². The van der Waals surface area contributed by atoms with Crippen molar-refractivity contribution in [1.29, 1.82) is 0 Å². The largest absolute Gasteiger partial charge is 0.411 e. The third-order valence-corrected chi connectivity index (χ3v) is 7.46. The number of para-hydroxylation sites is 1. The zero-order chi connectivity index (χ0) is 22.5. The summed E-state index contributed by atoms with van der Waals surface area (Å²) in [5.74, 6) is 0.963. The summed E-state index contributed by atoms with van der Waals surface area (Å²) < 4.78 is 5.49. The van der Waals surface area contributed by atoms with E-state index in [1.807, 2.05) is 18.2 Å². The van der Waals surface area contributed by atoms with E-state index in [2.05, 4.69) is 72.1 Å². The molecule has 5 rings (SSSR count). The third kappa shape index (κ3) is 3.28. The molecular formula is C26H32N4O2. The van der Waals surface area contributed by atoms with E-state index in [0.29, 0.717) is 0 Å². The molecule has 0 atom stereocenters. The lowest BCUT2D eigenvalue weighted by molar-refractivity contribution is 0.259. The molecule has 2 aliphatic rings. The van der Waals surface area contributed by atoms with Gasteiger partial charge < -0.3 is 14.6 Å². The van der Waals surface area contributed by atoms with Crippen molar-refractivity contribution in [3.63, 3.8) is 0 Å². The minimum absolute atomic E-state index is 0.242. The van der Waals surface area contributed by atoms with E-state index in [1.54, 1.807) is 0 Å². The Morgan fingerprint density at radius 3 is 2.44 bits per heavy atom. The van der Waals surface area contributed by atoms with E-state index in [-0.39, 0.29) is 10.8 Å². The smallest absolute Gasteiger partial charge is 0.180 e. The molecule has 1 N–H and O–H groups in total.